The van der Waals surface area contributed by atoms with Crippen molar-refractivity contribution in [3.8, 4) is 23.3 Å². The molecule has 0 unspecified atom stereocenters. The van der Waals surface area contributed by atoms with Crippen molar-refractivity contribution in [2.24, 2.45) is 0 Å². The van der Waals surface area contributed by atoms with Crippen LogP contribution in [0.15, 0.2) is 66.7 Å². The zero-order valence-corrected chi connectivity index (χ0v) is 20.8. The van der Waals surface area contributed by atoms with Gasteiger partial charge in [0, 0.05) is 12.1 Å². The van der Waals surface area contributed by atoms with Gasteiger partial charge >= 0.3 is 0 Å². The number of non-ortho nitro benzene ring substituents is 1. The van der Waals surface area contributed by atoms with Gasteiger partial charge in [-0.15, -0.1) is 0 Å². The Bertz CT molecular complexity index is 1230. The van der Waals surface area contributed by atoms with Crippen LogP contribution in [0.25, 0.3) is 11.6 Å². The molecule has 1 atom stereocenters. The summed E-state index contributed by atoms with van der Waals surface area (Å²) in [4.78, 5) is 10.4. The van der Waals surface area contributed by atoms with Gasteiger partial charge in [0.1, 0.15) is 19.0 Å². The monoisotopic (exact) mass is 486 g/mol. The van der Waals surface area contributed by atoms with Gasteiger partial charge in [0.25, 0.3) is 5.69 Å². The van der Waals surface area contributed by atoms with Crippen molar-refractivity contribution in [1.82, 2.24) is 0 Å². The Morgan fingerprint density at radius 3 is 2.28 bits per heavy atom. The van der Waals surface area contributed by atoms with Crippen molar-refractivity contribution in [1.29, 1.82) is 5.26 Å². The van der Waals surface area contributed by atoms with Crippen LogP contribution < -0.4 is 14.2 Å². The van der Waals surface area contributed by atoms with E-state index in [1.165, 1.54) is 17.7 Å². The highest BCUT2D eigenvalue weighted by molar-refractivity contribution is 5.90. The van der Waals surface area contributed by atoms with Gasteiger partial charge in [-0.2, -0.15) is 5.26 Å². The zero-order valence-electron chi connectivity index (χ0n) is 20.8. The van der Waals surface area contributed by atoms with E-state index < -0.39 is 4.92 Å². The van der Waals surface area contributed by atoms with Gasteiger partial charge in [-0.3, -0.25) is 10.1 Å². The van der Waals surface area contributed by atoms with E-state index in [-0.39, 0.29) is 5.69 Å². The number of nitro benzene ring substituents is 1. The SMILES string of the molecule is CCOc1cc(/C=C(\C#N)c2ccc([N+](=O)[O-])cc2)ccc1OCCOc1ccc([C@@H](C)CC)cc1. The van der Waals surface area contributed by atoms with Gasteiger partial charge in [-0.25, -0.2) is 0 Å². The summed E-state index contributed by atoms with van der Waals surface area (Å²) in [5.74, 6) is 2.46. The lowest BCUT2D eigenvalue weighted by atomic mass is 9.99. The van der Waals surface area contributed by atoms with E-state index in [1.807, 2.05) is 25.1 Å². The normalized spacial score (nSPS) is 11.9. The maximum absolute atomic E-state index is 10.9. The molecule has 7 heteroatoms. The molecule has 0 heterocycles. The van der Waals surface area contributed by atoms with E-state index in [9.17, 15) is 15.4 Å². The van der Waals surface area contributed by atoms with Crippen molar-refractivity contribution in [2.75, 3.05) is 19.8 Å². The molecule has 0 aromatic heterocycles. The second-order valence-corrected chi connectivity index (χ2v) is 8.19. The Labute approximate surface area is 211 Å². The van der Waals surface area contributed by atoms with Gasteiger partial charge in [0.05, 0.1) is 23.2 Å². The highest BCUT2D eigenvalue weighted by atomic mass is 16.6. The second-order valence-electron chi connectivity index (χ2n) is 8.19. The van der Waals surface area contributed by atoms with Crippen molar-refractivity contribution >= 4 is 17.3 Å². The smallest absolute Gasteiger partial charge is 0.269 e. The number of nitriles is 1. The predicted octanol–water partition coefficient (Wildman–Crippen LogP) is 7.03. The molecule has 3 aromatic rings. The van der Waals surface area contributed by atoms with Crippen molar-refractivity contribution in [3.63, 3.8) is 0 Å². The molecule has 0 fully saturated rings. The maximum atomic E-state index is 10.9. The number of ether oxygens (including phenoxy) is 3. The van der Waals surface area contributed by atoms with Crippen LogP contribution in [0.2, 0.25) is 0 Å². The van der Waals surface area contributed by atoms with E-state index in [4.69, 9.17) is 14.2 Å². The van der Waals surface area contributed by atoms with Crippen molar-refractivity contribution in [3.05, 3.63) is 93.5 Å². The van der Waals surface area contributed by atoms with E-state index in [0.29, 0.717) is 48.4 Å². The summed E-state index contributed by atoms with van der Waals surface area (Å²) >= 11 is 0. The van der Waals surface area contributed by atoms with E-state index in [0.717, 1.165) is 17.7 Å². The summed E-state index contributed by atoms with van der Waals surface area (Å²) in [7, 11) is 0. The zero-order chi connectivity index (χ0) is 25.9. The topological polar surface area (TPSA) is 94.6 Å². The summed E-state index contributed by atoms with van der Waals surface area (Å²) in [5, 5.41) is 20.5. The summed E-state index contributed by atoms with van der Waals surface area (Å²) in [6.07, 6.45) is 2.80. The average Bonchev–Trinajstić information content (AvgIpc) is 2.90. The minimum absolute atomic E-state index is 0.0248. The highest BCUT2D eigenvalue weighted by Gasteiger charge is 2.10. The van der Waals surface area contributed by atoms with Crippen LogP contribution in [0.4, 0.5) is 5.69 Å². The first kappa shape index (κ1) is 26.3. The molecule has 0 radical (unpaired) electrons. The molecule has 0 saturated carbocycles. The molecule has 0 bridgehead atoms. The number of nitrogens with zero attached hydrogens (tertiary/aromatic N) is 2. The predicted molar refractivity (Wildman–Crippen MR) is 140 cm³/mol. The molecule has 0 saturated heterocycles. The molecule has 0 aliphatic heterocycles. The molecule has 3 rings (SSSR count). The Balaban J connectivity index is 1.65. The number of hydrogen-bond acceptors (Lipinski definition) is 6. The molecule has 0 amide bonds. The number of nitro groups is 1. The lowest BCUT2D eigenvalue weighted by Crippen LogP contribution is -2.10. The number of allylic oxidation sites excluding steroid dienone is 1. The third kappa shape index (κ3) is 7.09. The van der Waals surface area contributed by atoms with Crippen LogP contribution in [0.3, 0.4) is 0 Å². The highest BCUT2D eigenvalue weighted by Crippen LogP contribution is 2.31. The minimum atomic E-state index is -0.471. The number of benzene rings is 3. The van der Waals surface area contributed by atoms with Gasteiger partial charge in [0.15, 0.2) is 11.5 Å². The molecule has 3 aromatic carbocycles. The van der Waals surface area contributed by atoms with Crippen molar-refractivity contribution in [2.45, 2.75) is 33.1 Å². The molecule has 0 spiro atoms. The first-order valence-corrected chi connectivity index (χ1v) is 11.9. The summed E-state index contributed by atoms with van der Waals surface area (Å²) in [6, 6.07) is 21.6. The molecule has 0 N–H and O–H groups in total. The van der Waals surface area contributed by atoms with E-state index >= 15 is 0 Å². The molecule has 186 valence electrons. The lowest BCUT2D eigenvalue weighted by Gasteiger charge is -2.14. The average molecular weight is 487 g/mol. The maximum Gasteiger partial charge on any atom is 0.269 e. The molecular weight excluding hydrogens is 456 g/mol. The molecule has 36 heavy (non-hydrogen) atoms. The Morgan fingerprint density at radius 1 is 0.972 bits per heavy atom. The first-order valence-electron chi connectivity index (χ1n) is 11.9. The van der Waals surface area contributed by atoms with Crippen LogP contribution in [-0.2, 0) is 0 Å². The molecule has 0 aliphatic rings. The summed E-state index contributed by atoms with van der Waals surface area (Å²) in [5.41, 5.74) is 3.00. The third-order valence-electron chi connectivity index (χ3n) is 5.76. The third-order valence-corrected chi connectivity index (χ3v) is 5.76. The Morgan fingerprint density at radius 2 is 1.67 bits per heavy atom. The summed E-state index contributed by atoms with van der Waals surface area (Å²) in [6.45, 7) is 7.44. The fourth-order valence-corrected chi connectivity index (χ4v) is 3.55. The fourth-order valence-electron chi connectivity index (χ4n) is 3.55. The Hall–Kier alpha value is -4.31. The molecular formula is C29H30N2O5. The Kier molecular flexibility index (Phi) is 9.47. The minimum Gasteiger partial charge on any atom is -0.490 e. The van der Waals surface area contributed by atoms with Gasteiger partial charge in [-0.1, -0.05) is 32.0 Å². The summed E-state index contributed by atoms with van der Waals surface area (Å²) < 4.78 is 17.5. The van der Waals surface area contributed by atoms with Crippen LogP contribution in [0.5, 0.6) is 17.2 Å². The van der Waals surface area contributed by atoms with Gasteiger partial charge in [-0.05, 0) is 78.4 Å². The largest absolute Gasteiger partial charge is 0.490 e. The van der Waals surface area contributed by atoms with E-state index in [2.05, 4.69) is 32.0 Å². The number of hydrogen-bond donors (Lipinski definition) is 0. The van der Waals surface area contributed by atoms with Gasteiger partial charge in [0.2, 0.25) is 0 Å². The number of rotatable bonds is 12. The van der Waals surface area contributed by atoms with Crippen LogP contribution in [0, 0.1) is 21.4 Å². The lowest BCUT2D eigenvalue weighted by molar-refractivity contribution is -0.384. The second kappa shape index (κ2) is 13.0. The quantitative estimate of drug-likeness (QED) is 0.0897. The molecule has 0 aliphatic carbocycles. The van der Waals surface area contributed by atoms with Crippen LogP contribution >= 0.6 is 0 Å². The van der Waals surface area contributed by atoms with Crippen LogP contribution in [-0.4, -0.2) is 24.7 Å². The fraction of sp³-hybridized carbons (Fsp3) is 0.276. The van der Waals surface area contributed by atoms with E-state index in [1.54, 1.807) is 30.3 Å². The first-order chi connectivity index (χ1) is 17.4. The van der Waals surface area contributed by atoms with Crippen LogP contribution in [0.1, 0.15) is 49.8 Å². The molecule has 7 nitrogen and oxygen atoms in total. The van der Waals surface area contributed by atoms with Crippen molar-refractivity contribution < 1.29 is 19.1 Å². The standard InChI is InChI=1S/C29H30N2O5/c1-4-21(3)23-9-13-27(14-10-23)35-16-17-36-28-15-6-22(19-29(28)34-5-2)18-25(20-30)24-7-11-26(12-8-24)31(32)33/h6-15,18-19,21H,4-5,16-17H2,1-3H3/b25-18+/t21-/m0/s1. The van der Waals surface area contributed by atoms with Gasteiger partial charge < -0.3 is 14.2 Å².